The largest absolute Gasteiger partial charge is 0.292 e. The highest BCUT2D eigenvalue weighted by Gasteiger charge is 2.29. The summed E-state index contributed by atoms with van der Waals surface area (Å²) in [5.41, 5.74) is 6.82. The van der Waals surface area contributed by atoms with E-state index in [1.54, 1.807) is 0 Å². The van der Waals surface area contributed by atoms with E-state index in [1.807, 2.05) is 0 Å². The first kappa shape index (κ1) is 17.9. The average molecular weight is 334 g/mol. The summed E-state index contributed by atoms with van der Waals surface area (Å²) in [5, 5.41) is 0. The first-order valence-electron chi connectivity index (χ1n) is 9.41. The Hall–Kier alpha value is -1.86. The summed E-state index contributed by atoms with van der Waals surface area (Å²) in [4.78, 5) is 2.63. The molecule has 0 aromatic heterocycles. The van der Waals surface area contributed by atoms with Crippen molar-refractivity contribution < 1.29 is 0 Å². The molecular formula is C24H31N. The predicted octanol–water partition coefficient (Wildman–Crippen LogP) is 6.18. The molecule has 1 aliphatic carbocycles. The van der Waals surface area contributed by atoms with Crippen molar-refractivity contribution in [3.05, 3.63) is 77.4 Å². The Morgan fingerprint density at radius 3 is 2.20 bits per heavy atom. The van der Waals surface area contributed by atoms with E-state index in [9.17, 15) is 0 Å². The second-order valence-electron chi connectivity index (χ2n) is 8.56. The third-order valence-electron chi connectivity index (χ3n) is 5.07. The summed E-state index contributed by atoms with van der Waals surface area (Å²) < 4.78 is 0. The van der Waals surface area contributed by atoms with Crippen molar-refractivity contribution in [1.82, 2.24) is 4.90 Å². The third kappa shape index (κ3) is 4.83. The molecule has 0 saturated heterocycles. The van der Waals surface area contributed by atoms with Gasteiger partial charge in [-0.15, -0.1) is 0 Å². The maximum absolute atomic E-state index is 4.08. The quantitative estimate of drug-likeness (QED) is 0.610. The van der Waals surface area contributed by atoms with E-state index in [1.165, 1.54) is 35.1 Å². The molecule has 132 valence electrons. The topological polar surface area (TPSA) is 3.24 Å². The highest BCUT2D eigenvalue weighted by atomic mass is 15.2. The zero-order chi connectivity index (χ0) is 18.0. The van der Waals surface area contributed by atoms with Crippen molar-refractivity contribution >= 4 is 5.57 Å². The molecule has 1 saturated carbocycles. The van der Waals surface area contributed by atoms with Gasteiger partial charge in [0.1, 0.15) is 0 Å². The first-order valence-corrected chi connectivity index (χ1v) is 9.41. The Kier molecular flexibility index (Phi) is 5.15. The van der Waals surface area contributed by atoms with Gasteiger partial charge < -0.3 is 0 Å². The Balaban J connectivity index is 1.72. The van der Waals surface area contributed by atoms with Crippen molar-refractivity contribution in [2.45, 2.75) is 65.1 Å². The van der Waals surface area contributed by atoms with Gasteiger partial charge >= 0.3 is 0 Å². The van der Waals surface area contributed by atoms with Crippen LogP contribution in [0.15, 0.2) is 55.1 Å². The van der Waals surface area contributed by atoms with Crippen LogP contribution in [-0.2, 0) is 18.5 Å². The summed E-state index contributed by atoms with van der Waals surface area (Å²) in [6.07, 6.45) is 2.67. The van der Waals surface area contributed by atoms with Gasteiger partial charge in [-0.3, -0.25) is 4.90 Å². The third-order valence-corrected chi connectivity index (χ3v) is 5.07. The molecule has 0 bridgehead atoms. The van der Waals surface area contributed by atoms with Gasteiger partial charge in [0.05, 0.1) is 0 Å². The fourth-order valence-corrected chi connectivity index (χ4v) is 3.27. The molecule has 1 heteroatoms. The van der Waals surface area contributed by atoms with Crippen LogP contribution in [0.3, 0.4) is 0 Å². The minimum Gasteiger partial charge on any atom is -0.292 e. The van der Waals surface area contributed by atoms with Gasteiger partial charge in [0.25, 0.3) is 0 Å². The van der Waals surface area contributed by atoms with Crippen molar-refractivity contribution in [3.63, 3.8) is 0 Å². The van der Waals surface area contributed by atoms with Crippen molar-refractivity contribution in [2.75, 3.05) is 0 Å². The number of benzene rings is 2. The number of hydrogen-bond donors (Lipinski definition) is 0. The van der Waals surface area contributed by atoms with Crippen LogP contribution in [0.5, 0.6) is 0 Å². The van der Waals surface area contributed by atoms with E-state index in [0.29, 0.717) is 0 Å². The summed E-state index contributed by atoms with van der Waals surface area (Å²) in [6, 6.07) is 18.8. The zero-order valence-electron chi connectivity index (χ0n) is 16.2. The Labute approximate surface area is 153 Å². The molecule has 1 nitrogen and oxygen atoms in total. The van der Waals surface area contributed by atoms with E-state index in [-0.39, 0.29) is 5.41 Å². The van der Waals surface area contributed by atoms with Crippen LogP contribution in [0.2, 0.25) is 0 Å². The fourth-order valence-electron chi connectivity index (χ4n) is 3.27. The van der Waals surface area contributed by atoms with E-state index < -0.39 is 0 Å². The van der Waals surface area contributed by atoms with Crippen LogP contribution in [0.1, 0.15) is 62.8 Å². The SMILES string of the molecule is C=C(C)c1cccc(CN(Cc2ccc(C(C)(C)C)cc2)C2CC2)c1. The highest BCUT2D eigenvalue weighted by molar-refractivity contribution is 5.61. The van der Waals surface area contributed by atoms with E-state index in [4.69, 9.17) is 0 Å². The Bertz CT molecular complexity index is 729. The van der Waals surface area contributed by atoms with Crippen molar-refractivity contribution in [3.8, 4) is 0 Å². The number of hydrogen-bond acceptors (Lipinski definition) is 1. The lowest BCUT2D eigenvalue weighted by atomic mass is 9.87. The van der Waals surface area contributed by atoms with Gasteiger partial charge in [-0.2, -0.15) is 0 Å². The molecule has 2 aromatic rings. The zero-order valence-corrected chi connectivity index (χ0v) is 16.2. The van der Waals surface area contributed by atoms with Crippen LogP contribution in [-0.4, -0.2) is 10.9 Å². The highest BCUT2D eigenvalue weighted by Crippen LogP contribution is 2.31. The standard InChI is InChI=1S/C24H31N/c1-18(2)21-8-6-7-20(15-21)17-25(23-13-14-23)16-19-9-11-22(12-10-19)24(3,4)5/h6-12,15,23H,1,13-14,16-17H2,2-5H3. The van der Waals surface area contributed by atoms with Crippen LogP contribution in [0, 0.1) is 0 Å². The molecule has 0 aliphatic heterocycles. The maximum atomic E-state index is 4.08. The molecule has 25 heavy (non-hydrogen) atoms. The van der Waals surface area contributed by atoms with Crippen LogP contribution in [0.25, 0.3) is 5.57 Å². The van der Waals surface area contributed by atoms with Gasteiger partial charge in [-0.1, -0.05) is 81.5 Å². The van der Waals surface area contributed by atoms with Gasteiger partial charge in [0.2, 0.25) is 0 Å². The average Bonchev–Trinajstić information content (AvgIpc) is 3.39. The number of rotatable bonds is 6. The van der Waals surface area contributed by atoms with Crippen molar-refractivity contribution in [1.29, 1.82) is 0 Å². The molecular weight excluding hydrogens is 302 g/mol. The molecule has 0 radical (unpaired) electrons. The second-order valence-corrected chi connectivity index (χ2v) is 8.56. The normalized spacial score (nSPS) is 14.8. The van der Waals surface area contributed by atoms with Crippen molar-refractivity contribution in [2.24, 2.45) is 0 Å². The lowest BCUT2D eigenvalue weighted by Crippen LogP contribution is -2.25. The molecule has 0 atom stereocenters. The molecule has 0 N–H and O–H groups in total. The predicted molar refractivity (Wildman–Crippen MR) is 109 cm³/mol. The summed E-state index contributed by atoms with van der Waals surface area (Å²) >= 11 is 0. The molecule has 1 aliphatic rings. The molecule has 0 heterocycles. The number of allylic oxidation sites excluding steroid dienone is 1. The van der Waals surface area contributed by atoms with Gasteiger partial charge in [-0.25, -0.2) is 0 Å². The van der Waals surface area contributed by atoms with Crippen LogP contribution in [0.4, 0.5) is 0 Å². The summed E-state index contributed by atoms with van der Waals surface area (Å²) in [6.45, 7) is 15.0. The van der Waals surface area contributed by atoms with Gasteiger partial charge in [0, 0.05) is 19.1 Å². The smallest absolute Gasteiger partial charge is 0.0240 e. The van der Waals surface area contributed by atoms with Crippen LogP contribution < -0.4 is 0 Å². The minimum absolute atomic E-state index is 0.220. The Morgan fingerprint density at radius 1 is 1.00 bits per heavy atom. The molecule has 3 rings (SSSR count). The fraction of sp³-hybridized carbons (Fsp3) is 0.417. The number of nitrogens with zero attached hydrogens (tertiary/aromatic N) is 1. The minimum atomic E-state index is 0.220. The lowest BCUT2D eigenvalue weighted by Gasteiger charge is -2.24. The van der Waals surface area contributed by atoms with E-state index in [0.717, 1.165) is 24.7 Å². The second kappa shape index (κ2) is 7.17. The molecule has 0 unspecified atom stereocenters. The van der Waals surface area contributed by atoms with E-state index in [2.05, 4.69) is 87.7 Å². The molecule has 0 amide bonds. The lowest BCUT2D eigenvalue weighted by molar-refractivity contribution is 0.245. The van der Waals surface area contributed by atoms with Gasteiger partial charge in [0.15, 0.2) is 0 Å². The van der Waals surface area contributed by atoms with E-state index >= 15 is 0 Å². The maximum Gasteiger partial charge on any atom is 0.0240 e. The summed E-state index contributed by atoms with van der Waals surface area (Å²) in [5.74, 6) is 0. The molecule has 2 aromatic carbocycles. The van der Waals surface area contributed by atoms with Gasteiger partial charge in [-0.05, 0) is 47.4 Å². The summed E-state index contributed by atoms with van der Waals surface area (Å²) in [7, 11) is 0. The van der Waals surface area contributed by atoms with Crippen LogP contribution >= 0.6 is 0 Å². The molecule has 1 fully saturated rings. The monoisotopic (exact) mass is 333 g/mol. The Morgan fingerprint density at radius 2 is 1.64 bits per heavy atom. The first-order chi connectivity index (χ1) is 11.8. The molecule has 0 spiro atoms.